The predicted octanol–water partition coefficient (Wildman–Crippen LogP) is 6.53. The Hall–Kier alpha value is -2.25. The molecule has 9 heteroatoms. The zero-order valence-corrected chi connectivity index (χ0v) is 19.5. The van der Waals surface area contributed by atoms with Crippen LogP contribution in [0.1, 0.15) is 22.8 Å². The highest BCUT2D eigenvalue weighted by Crippen LogP contribution is 2.46. The average molecular weight is 554 g/mol. The topological polar surface area (TPSA) is 104 Å². The Balaban J connectivity index is 2.19. The van der Waals surface area contributed by atoms with E-state index in [1.165, 1.54) is 31.2 Å². The first-order valence-electron chi connectivity index (χ1n) is 8.54. The highest BCUT2D eigenvalue weighted by atomic mass is 79.9. The number of phenolic OH excluding ortho intramolecular Hbond substituents is 1. The van der Waals surface area contributed by atoms with E-state index in [9.17, 15) is 24.7 Å². The third-order valence-corrected chi connectivity index (χ3v) is 6.16. The average Bonchev–Trinajstić information content (AvgIpc) is 2.70. The van der Waals surface area contributed by atoms with E-state index in [1.54, 1.807) is 30.3 Å². The molecule has 6 nitrogen and oxygen atoms in total. The van der Waals surface area contributed by atoms with E-state index in [0.717, 1.165) is 0 Å². The van der Waals surface area contributed by atoms with Gasteiger partial charge in [0.2, 0.25) is 0 Å². The minimum Gasteiger partial charge on any atom is -0.507 e. The third kappa shape index (κ3) is 4.42. The van der Waals surface area contributed by atoms with Gasteiger partial charge in [0.25, 0.3) is 0 Å². The Morgan fingerprint density at radius 1 is 1.00 bits per heavy atom. The lowest BCUT2D eigenvalue weighted by Gasteiger charge is -2.20. The van der Waals surface area contributed by atoms with Gasteiger partial charge in [-0.15, -0.1) is 0 Å². The summed E-state index contributed by atoms with van der Waals surface area (Å²) in [6.07, 6.45) is 0. The van der Waals surface area contributed by atoms with E-state index < -0.39 is 19.8 Å². The minimum atomic E-state index is -1.61. The molecule has 3 aromatic rings. The number of carboxylic acids is 1. The van der Waals surface area contributed by atoms with Crippen molar-refractivity contribution < 1.29 is 29.4 Å². The van der Waals surface area contributed by atoms with Crippen LogP contribution < -0.4 is 4.74 Å². The van der Waals surface area contributed by atoms with Crippen LogP contribution in [0.15, 0.2) is 63.5 Å². The monoisotopic (exact) mass is 552 g/mol. The molecule has 0 amide bonds. The van der Waals surface area contributed by atoms with Crippen molar-refractivity contribution in [3.63, 3.8) is 0 Å². The van der Waals surface area contributed by atoms with Gasteiger partial charge < -0.3 is 20.1 Å². The molecule has 3 N–H and O–H groups in total. The van der Waals surface area contributed by atoms with Gasteiger partial charge in [0, 0.05) is 11.1 Å². The van der Waals surface area contributed by atoms with Gasteiger partial charge in [0.05, 0.1) is 8.95 Å². The van der Waals surface area contributed by atoms with Gasteiger partial charge in [0.1, 0.15) is 17.1 Å². The van der Waals surface area contributed by atoms with Gasteiger partial charge in [-0.25, -0.2) is 4.79 Å². The van der Waals surface area contributed by atoms with Crippen LogP contribution in [-0.4, -0.2) is 21.3 Å². The second-order valence-electron chi connectivity index (χ2n) is 6.49. The highest BCUT2D eigenvalue weighted by Gasteiger charge is 2.27. The first-order chi connectivity index (χ1) is 14.2. The normalized spacial score (nSPS) is 13.1. The van der Waals surface area contributed by atoms with E-state index >= 15 is 0 Å². The summed E-state index contributed by atoms with van der Waals surface area (Å²) in [5.74, 6) is -0.931. The second-order valence-corrected chi connectivity index (χ2v) is 9.25. The van der Waals surface area contributed by atoms with Gasteiger partial charge in [0.15, 0.2) is 19.6 Å². The molecule has 0 radical (unpaired) electrons. The maximum absolute atomic E-state index is 11.8. The van der Waals surface area contributed by atoms with Crippen molar-refractivity contribution in [3.05, 3.63) is 74.7 Å². The van der Waals surface area contributed by atoms with Crippen LogP contribution in [0.2, 0.25) is 0 Å². The zero-order chi connectivity index (χ0) is 22.1. The Morgan fingerprint density at radius 2 is 1.60 bits per heavy atom. The molecule has 0 aliphatic rings. The molecule has 0 heterocycles. The number of carbonyl (C=O) groups is 1. The van der Waals surface area contributed by atoms with Crippen LogP contribution in [0.5, 0.6) is 17.2 Å². The summed E-state index contributed by atoms with van der Waals surface area (Å²) in [5, 5.41) is 28.6. The van der Waals surface area contributed by atoms with Crippen LogP contribution in [0.4, 0.5) is 0 Å². The molecule has 0 fully saturated rings. The van der Waals surface area contributed by atoms with Crippen molar-refractivity contribution in [2.75, 3.05) is 0 Å². The summed E-state index contributed by atoms with van der Waals surface area (Å²) < 4.78 is 18.1. The summed E-state index contributed by atoms with van der Waals surface area (Å²) in [5.41, 5.74) is 1.06. The summed E-state index contributed by atoms with van der Waals surface area (Å²) in [6, 6.07) is 14.2. The first kappa shape index (κ1) is 22.4. The van der Waals surface area contributed by atoms with Crippen LogP contribution in [-0.2, 0) is 9.91 Å². The van der Waals surface area contributed by atoms with E-state index in [1.807, 2.05) is 0 Å². The number of aromatic carboxylic acids is 1. The molecular formula is C21H15Br2O6P. The largest absolute Gasteiger partial charge is 0.507 e. The molecule has 154 valence electrons. The van der Waals surface area contributed by atoms with Gasteiger partial charge in [-0.1, -0.05) is 30.3 Å². The number of hydrogen-bond donors (Lipinski definition) is 3. The van der Waals surface area contributed by atoms with Crippen LogP contribution in [0.3, 0.4) is 0 Å². The number of hydrogen-bond acceptors (Lipinski definition) is 5. The number of para-hydroxylation sites is 2. The second kappa shape index (κ2) is 8.86. The molecule has 0 saturated heterocycles. The van der Waals surface area contributed by atoms with Gasteiger partial charge in [-0.3, -0.25) is 4.57 Å². The van der Waals surface area contributed by atoms with Crippen molar-refractivity contribution in [1.29, 1.82) is 0 Å². The molecule has 0 saturated carbocycles. The number of phenols is 1. The number of ether oxygens (including phenoxy) is 1. The van der Waals surface area contributed by atoms with Gasteiger partial charge in [-0.2, -0.15) is 0 Å². The summed E-state index contributed by atoms with van der Waals surface area (Å²) in [7, 11) is -0.476. The third-order valence-electron chi connectivity index (χ3n) is 4.37. The lowest BCUT2D eigenvalue weighted by molar-refractivity contribution is 0.0694. The van der Waals surface area contributed by atoms with Crippen molar-refractivity contribution in [2.24, 2.45) is 0 Å². The van der Waals surface area contributed by atoms with Gasteiger partial charge in [-0.05, 0) is 68.6 Å². The fraction of sp³-hybridized carbons (Fsp3) is 0.0952. The van der Waals surface area contributed by atoms with E-state index in [2.05, 4.69) is 31.9 Å². The Kier molecular flexibility index (Phi) is 6.62. The molecule has 0 aliphatic carbocycles. The molecule has 3 aromatic carbocycles. The van der Waals surface area contributed by atoms with E-state index in [4.69, 9.17) is 4.74 Å². The number of halogens is 2. The summed E-state index contributed by atoms with van der Waals surface area (Å²) in [6.45, 7) is 1.40. The van der Waals surface area contributed by atoms with Crippen molar-refractivity contribution in [3.8, 4) is 28.4 Å². The van der Waals surface area contributed by atoms with Crippen LogP contribution in [0.25, 0.3) is 11.1 Å². The molecule has 0 bridgehead atoms. The predicted molar refractivity (Wildman–Crippen MR) is 120 cm³/mol. The minimum absolute atomic E-state index is 0.0242. The van der Waals surface area contributed by atoms with Crippen LogP contribution in [0, 0.1) is 0 Å². The molecular weight excluding hydrogens is 539 g/mol. The number of benzene rings is 3. The standard InChI is InChI=1S/C21H15Br2O6P/c1-21(27,30-28)11-9-15(22)19(16(23)10-11)29-18-13(6-4-7-14(18)20(25)26)12-5-2-3-8-17(12)24/h2-10,24,27H,1H3,(H,25,26). The molecule has 3 rings (SSSR count). The first-order valence-corrected chi connectivity index (χ1v) is 10.9. The Morgan fingerprint density at radius 3 is 2.17 bits per heavy atom. The van der Waals surface area contributed by atoms with Crippen molar-refractivity contribution in [1.82, 2.24) is 0 Å². The van der Waals surface area contributed by atoms with E-state index in [-0.39, 0.29) is 22.8 Å². The molecule has 1 atom stereocenters. The number of aliphatic hydroxyl groups is 1. The van der Waals surface area contributed by atoms with Crippen molar-refractivity contribution >= 4 is 46.3 Å². The smallest absolute Gasteiger partial charge is 0.339 e. The molecule has 0 spiro atoms. The van der Waals surface area contributed by atoms with Gasteiger partial charge >= 0.3 is 5.97 Å². The molecule has 1 unspecified atom stereocenters. The fourth-order valence-corrected chi connectivity index (χ4v) is 4.40. The lowest BCUT2D eigenvalue weighted by atomic mass is 10.0. The SMILES string of the molecule is CC(O)(P=O)c1cc(Br)c(Oc2c(C(=O)O)cccc2-c2ccccc2O)c(Br)c1. The summed E-state index contributed by atoms with van der Waals surface area (Å²) in [4.78, 5) is 11.8. The fourth-order valence-electron chi connectivity index (χ4n) is 2.81. The number of rotatable bonds is 6. The molecule has 0 aliphatic heterocycles. The molecule has 0 aromatic heterocycles. The van der Waals surface area contributed by atoms with E-state index in [0.29, 0.717) is 25.6 Å². The number of carboxylic acid groups (broad SMARTS) is 1. The summed E-state index contributed by atoms with van der Waals surface area (Å²) >= 11 is 6.73. The highest BCUT2D eigenvalue weighted by molar-refractivity contribution is 9.11. The Bertz CT molecular complexity index is 1120. The van der Waals surface area contributed by atoms with Crippen LogP contribution >= 0.6 is 40.3 Å². The lowest BCUT2D eigenvalue weighted by Crippen LogP contribution is -2.12. The van der Waals surface area contributed by atoms with Crippen molar-refractivity contribution in [2.45, 2.75) is 12.3 Å². The number of aromatic hydroxyl groups is 1. The molecule has 30 heavy (non-hydrogen) atoms. The Labute approximate surface area is 190 Å². The maximum atomic E-state index is 11.8. The quantitative estimate of drug-likeness (QED) is 0.300. The zero-order valence-electron chi connectivity index (χ0n) is 15.5. The maximum Gasteiger partial charge on any atom is 0.339 e.